The number of aromatic nitrogens is 2. The Morgan fingerprint density at radius 3 is 2.70 bits per heavy atom. The van der Waals surface area contributed by atoms with Gasteiger partial charge in [-0.05, 0) is 31.2 Å². The Balaban J connectivity index is 1.79. The summed E-state index contributed by atoms with van der Waals surface area (Å²) < 4.78 is 18.0. The van der Waals surface area contributed by atoms with Gasteiger partial charge in [-0.3, -0.25) is 10.1 Å². The zero-order chi connectivity index (χ0) is 16.7. The average molecular weight is 356 g/mol. The topological polar surface area (TPSA) is 93.2 Å². The van der Waals surface area contributed by atoms with Crippen LogP contribution in [0.3, 0.4) is 0 Å². The minimum atomic E-state index is -0.603. The Labute approximate surface area is 139 Å². The molecule has 0 fully saturated rings. The molecular formula is C13H13FN4O3S2. The van der Waals surface area contributed by atoms with Gasteiger partial charge in [0.15, 0.2) is 4.34 Å². The van der Waals surface area contributed by atoms with Crippen LogP contribution in [0.4, 0.5) is 20.0 Å². The van der Waals surface area contributed by atoms with E-state index in [0.717, 1.165) is 11.3 Å². The SMILES string of the molecule is CCOC(=O)Nc1nnc(SCC(=O)Nc2ccc(F)cc2)s1. The summed E-state index contributed by atoms with van der Waals surface area (Å²) in [5.74, 6) is -0.504. The van der Waals surface area contributed by atoms with Crippen LogP contribution in [0.2, 0.25) is 0 Å². The maximum Gasteiger partial charge on any atom is 0.413 e. The van der Waals surface area contributed by atoms with Crippen LogP contribution >= 0.6 is 23.1 Å². The summed E-state index contributed by atoms with van der Waals surface area (Å²) in [6.07, 6.45) is -0.603. The van der Waals surface area contributed by atoms with Gasteiger partial charge >= 0.3 is 6.09 Å². The van der Waals surface area contributed by atoms with Crippen LogP contribution in [0.5, 0.6) is 0 Å². The number of nitrogens with one attached hydrogen (secondary N) is 2. The molecule has 0 saturated heterocycles. The van der Waals surface area contributed by atoms with Crippen LogP contribution in [0.1, 0.15) is 6.92 Å². The van der Waals surface area contributed by atoms with E-state index in [1.54, 1.807) is 6.92 Å². The van der Waals surface area contributed by atoms with Crippen LogP contribution in [-0.4, -0.2) is 34.6 Å². The van der Waals surface area contributed by atoms with Gasteiger partial charge in [-0.25, -0.2) is 9.18 Å². The number of carbonyl (C=O) groups is 2. The number of amides is 2. The number of carbonyl (C=O) groups excluding carboxylic acids is 2. The number of hydrogen-bond donors (Lipinski definition) is 2. The third-order valence-electron chi connectivity index (χ3n) is 2.35. The van der Waals surface area contributed by atoms with E-state index < -0.39 is 6.09 Å². The largest absolute Gasteiger partial charge is 0.450 e. The van der Waals surface area contributed by atoms with E-state index in [1.807, 2.05) is 0 Å². The zero-order valence-corrected chi connectivity index (χ0v) is 13.7. The van der Waals surface area contributed by atoms with Crippen LogP contribution in [-0.2, 0) is 9.53 Å². The molecule has 7 nitrogen and oxygen atoms in total. The molecule has 0 saturated carbocycles. The summed E-state index contributed by atoms with van der Waals surface area (Å²) in [5, 5.41) is 13.0. The standard InChI is InChI=1S/C13H13FN4O3S2/c1-2-21-12(20)16-11-17-18-13(23-11)22-7-10(19)15-9-5-3-8(14)4-6-9/h3-6H,2,7H2,1H3,(H,15,19)(H,16,17,20). The van der Waals surface area contributed by atoms with Crippen molar-refractivity contribution in [2.75, 3.05) is 23.0 Å². The molecule has 0 unspecified atom stereocenters. The highest BCUT2D eigenvalue weighted by atomic mass is 32.2. The second-order valence-electron chi connectivity index (χ2n) is 4.06. The lowest BCUT2D eigenvalue weighted by Crippen LogP contribution is -2.13. The summed E-state index contributed by atoms with van der Waals surface area (Å²) in [4.78, 5) is 23.0. The van der Waals surface area contributed by atoms with Crippen molar-refractivity contribution < 1.29 is 18.7 Å². The van der Waals surface area contributed by atoms with Crippen LogP contribution in [0.15, 0.2) is 28.6 Å². The van der Waals surface area contributed by atoms with Gasteiger partial charge in [-0.1, -0.05) is 23.1 Å². The first-order valence-corrected chi connectivity index (χ1v) is 8.32. The highest BCUT2D eigenvalue weighted by Crippen LogP contribution is 2.25. The van der Waals surface area contributed by atoms with Crippen molar-refractivity contribution in [2.45, 2.75) is 11.3 Å². The van der Waals surface area contributed by atoms with Gasteiger partial charge in [0.1, 0.15) is 5.82 Å². The summed E-state index contributed by atoms with van der Waals surface area (Å²) in [7, 11) is 0. The van der Waals surface area contributed by atoms with Crippen LogP contribution in [0, 0.1) is 5.82 Å². The van der Waals surface area contributed by atoms with E-state index in [2.05, 4.69) is 20.8 Å². The number of ether oxygens (including phenoxy) is 1. The Bertz CT molecular complexity index is 678. The monoisotopic (exact) mass is 356 g/mol. The molecule has 2 amide bonds. The molecular weight excluding hydrogens is 343 g/mol. The van der Waals surface area contributed by atoms with E-state index in [-0.39, 0.29) is 24.1 Å². The van der Waals surface area contributed by atoms with Gasteiger partial charge in [0.25, 0.3) is 0 Å². The molecule has 122 valence electrons. The predicted octanol–water partition coefficient (Wildman–Crippen LogP) is 2.98. The molecule has 0 radical (unpaired) electrons. The van der Waals surface area contributed by atoms with Crippen molar-refractivity contribution in [3.8, 4) is 0 Å². The molecule has 1 aromatic heterocycles. The number of thioether (sulfide) groups is 1. The fourth-order valence-electron chi connectivity index (χ4n) is 1.43. The summed E-state index contributed by atoms with van der Waals surface area (Å²) in [6.45, 7) is 1.95. The van der Waals surface area contributed by atoms with E-state index in [0.29, 0.717) is 15.2 Å². The first-order valence-electron chi connectivity index (χ1n) is 6.52. The third kappa shape index (κ3) is 5.83. The fraction of sp³-hybridized carbons (Fsp3) is 0.231. The molecule has 0 aliphatic carbocycles. The quantitative estimate of drug-likeness (QED) is 0.610. The van der Waals surface area contributed by atoms with Crippen molar-refractivity contribution in [3.63, 3.8) is 0 Å². The second kappa shape index (κ2) is 8.44. The maximum absolute atomic E-state index is 12.8. The maximum atomic E-state index is 12.8. The highest BCUT2D eigenvalue weighted by Gasteiger charge is 2.11. The van der Waals surface area contributed by atoms with Crippen molar-refractivity contribution in [1.82, 2.24) is 10.2 Å². The number of hydrogen-bond acceptors (Lipinski definition) is 7. The average Bonchev–Trinajstić information content (AvgIpc) is 2.95. The Morgan fingerprint density at radius 1 is 1.26 bits per heavy atom. The van der Waals surface area contributed by atoms with Gasteiger partial charge in [0.2, 0.25) is 11.0 Å². The minimum Gasteiger partial charge on any atom is -0.450 e. The number of rotatable bonds is 6. The lowest BCUT2D eigenvalue weighted by molar-refractivity contribution is -0.113. The fourth-order valence-corrected chi connectivity index (χ4v) is 2.97. The highest BCUT2D eigenvalue weighted by molar-refractivity contribution is 8.01. The van der Waals surface area contributed by atoms with Crippen LogP contribution < -0.4 is 10.6 Å². The molecule has 1 heterocycles. The molecule has 0 atom stereocenters. The second-order valence-corrected chi connectivity index (χ2v) is 6.26. The van der Waals surface area contributed by atoms with Gasteiger partial charge in [0.05, 0.1) is 12.4 Å². The molecule has 0 spiro atoms. The van der Waals surface area contributed by atoms with Gasteiger partial charge in [0, 0.05) is 5.69 Å². The smallest absolute Gasteiger partial charge is 0.413 e. The van der Waals surface area contributed by atoms with E-state index in [4.69, 9.17) is 4.74 Å². The Hall–Kier alpha value is -2.20. The first-order chi connectivity index (χ1) is 11.1. The van der Waals surface area contributed by atoms with Crippen molar-refractivity contribution in [3.05, 3.63) is 30.1 Å². The lowest BCUT2D eigenvalue weighted by Gasteiger charge is -2.03. The molecule has 0 aliphatic rings. The number of nitrogens with zero attached hydrogens (tertiary/aromatic N) is 2. The first kappa shape index (κ1) is 17.2. The molecule has 0 aliphatic heterocycles. The minimum absolute atomic E-state index is 0.116. The Morgan fingerprint density at radius 2 is 2.00 bits per heavy atom. The predicted molar refractivity (Wildman–Crippen MR) is 86.3 cm³/mol. The van der Waals surface area contributed by atoms with Crippen LogP contribution in [0.25, 0.3) is 0 Å². The number of benzene rings is 1. The number of anilines is 2. The molecule has 23 heavy (non-hydrogen) atoms. The van der Waals surface area contributed by atoms with Crippen molar-refractivity contribution >= 4 is 45.9 Å². The van der Waals surface area contributed by atoms with E-state index >= 15 is 0 Å². The lowest BCUT2D eigenvalue weighted by atomic mass is 10.3. The zero-order valence-electron chi connectivity index (χ0n) is 12.0. The molecule has 0 bridgehead atoms. The Kier molecular flexibility index (Phi) is 6.29. The van der Waals surface area contributed by atoms with E-state index in [9.17, 15) is 14.0 Å². The normalized spacial score (nSPS) is 10.2. The molecule has 1 aromatic carbocycles. The summed E-state index contributed by atoms with van der Waals surface area (Å²) >= 11 is 2.32. The molecule has 2 aromatic rings. The molecule has 2 N–H and O–H groups in total. The summed E-state index contributed by atoms with van der Waals surface area (Å²) in [5.41, 5.74) is 0.513. The molecule has 2 rings (SSSR count). The van der Waals surface area contributed by atoms with Gasteiger partial charge in [-0.2, -0.15) is 0 Å². The van der Waals surface area contributed by atoms with E-state index in [1.165, 1.54) is 36.0 Å². The molecule has 10 heteroatoms. The van der Waals surface area contributed by atoms with Gasteiger partial charge < -0.3 is 10.1 Å². The summed E-state index contributed by atoms with van der Waals surface area (Å²) in [6, 6.07) is 5.48. The van der Waals surface area contributed by atoms with Gasteiger partial charge in [-0.15, -0.1) is 10.2 Å². The van der Waals surface area contributed by atoms with Crippen molar-refractivity contribution in [2.24, 2.45) is 0 Å². The third-order valence-corrected chi connectivity index (χ3v) is 4.32. The number of halogens is 1. The van der Waals surface area contributed by atoms with Crippen molar-refractivity contribution in [1.29, 1.82) is 0 Å².